The first kappa shape index (κ1) is 15.3. The molecule has 0 saturated carbocycles. The minimum atomic E-state index is -3.23. The fraction of sp³-hybridized carbons (Fsp3) is 0.300. The fourth-order valence-corrected chi connectivity index (χ4v) is 1.96. The Labute approximate surface area is 118 Å². The fourth-order valence-electron chi connectivity index (χ4n) is 1.55. The summed E-state index contributed by atoms with van der Waals surface area (Å²) < 4.78 is 31.4. The van der Waals surface area contributed by atoms with E-state index in [1.54, 1.807) is 0 Å². The first-order valence-electron chi connectivity index (χ1n) is 4.66. The van der Waals surface area contributed by atoms with Crippen LogP contribution in [0.25, 0.3) is 0 Å². The third-order valence-electron chi connectivity index (χ3n) is 2.35. The minimum Gasteiger partial charge on any atom is -0.443 e. The van der Waals surface area contributed by atoms with Crippen LogP contribution in [0.4, 0.5) is 13.6 Å². The maximum atomic E-state index is 13.6. The maximum Gasteiger partial charge on any atom is 0.408 e. The molecule has 0 aromatic heterocycles. The monoisotopic (exact) mass is 317 g/mol. The van der Waals surface area contributed by atoms with Gasteiger partial charge in [0.2, 0.25) is 0 Å². The molecule has 1 aromatic carbocycles. The summed E-state index contributed by atoms with van der Waals surface area (Å²) in [6, 6.07) is 2.65. The Bertz CT molecular complexity index is 470. The lowest BCUT2D eigenvalue weighted by Gasteiger charge is -2.32. The summed E-state index contributed by atoms with van der Waals surface area (Å²) in [5.74, 6) is -3.23. The highest BCUT2D eigenvalue weighted by molar-refractivity contribution is 6.33. The topological polar surface area (TPSA) is 38.3 Å². The molecule has 18 heavy (non-hydrogen) atoms. The molecule has 0 unspecified atom stereocenters. The molecule has 1 atom stereocenters. The zero-order valence-electron chi connectivity index (χ0n) is 8.75. The maximum absolute atomic E-state index is 13.6. The molecule has 0 aliphatic carbocycles. The molecule has 1 fully saturated rings. The summed E-state index contributed by atoms with van der Waals surface area (Å²) >= 11 is 11.5. The molecule has 0 radical (unpaired) electrons. The van der Waals surface area contributed by atoms with Gasteiger partial charge >= 0.3 is 12.0 Å². The quantitative estimate of drug-likeness (QED) is 0.854. The van der Waals surface area contributed by atoms with Crippen molar-refractivity contribution in [3.8, 4) is 0 Å². The van der Waals surface area contributed by atoms with E-state index in [0.717, 1.165) is 0 Å². The molecule has 100 valence electrons. The molecule has 3 nitrogen and oxygen atoms in total. The van der Waals surface area contributed by atoms with E-state index < -0.39 is 24.7 Å². The molecule has 1 aliphatic rings. The number of halogens is 5. The van der Waals surface area contributed by atoms with Crippen LogP contribution in [0, 0.1) is 0 Å². The van der Waals surface area contributed by atoms with Gasteiger partial charge in [0.05, 0.1) is 0 Å². The third-order valence-corrected chi connectivity index (χ3v) is 2.93. The van der Waals surface area contributed by atoms with E-state index in [9.17, 15) is 13.6 Å². The normalized spacial score (nSPS) is 21.6. The van der Waals surface area contributed by atoms with E-state index in [4.69, 9.17) is 23.2 Å². The standard InChI is InChI=1S/C10H7Cl2F2NO2.ClH/c11-5-1-2-7(12)6(3-5)8-10(13,14)4-17-9(16)15-8;/h1-3,8H,4H2,(H,15,16);1H/t8-;/m0./s1. The number of hydrogen-bond donors (Lipinski definition) is 1. The lowest BCUT2D eigenvalue weighted by atomic mass is 10.00. The average molecular weight is 319 g/mol. The average Bonchev–Trinajstić information content (AvgIpc) is 2.26. The van der Waals surface area contributed by atoms with E-state index in [-0.39, 0.29) is 28.0 Å². The Morgan fingerprint density at radius 2 is 2.06 bits per heavy atom. The van der Waals surface area contributed by atoms with Crippen molar-refractivity contribution in [2.24, 2.45) is 0 Å². The van der Waals surface area contributed by atoms with Gasteiger partial charge in [-0.15, -0.1) is 12.4 Å². The summed E-state index contributed by atoms with van der Waals surface area (Å²) in [4.78, 5) is 11.0. The first-order chi connectivity index (χ1) is 7.90. The van der Waals surface area contributed by atoms with E-state index >= 15 is 0 Å². The third kappa shape index (κ3) is 2.96. The zero-order valence-corrected chi connectivity index (χ0v) is 11.1. The molecule has 0 bridgehead atoms. The van der Waals surface area contributed by atoms with Gasteiger partial charge in [0, 0.05) is 15.6 Å². The van der Waals surface area contributed by atoms with Crippen LogP contribution in [0.5, 0.6) is 0 Å². The largest absolute Gasteiger partial charge is 0.443 e. The molecule has 0 spiro atoms. The number of hydrogen-bond acceptors (Lipinski definition) is 2. The molecule has 1 aromatic rings. The number of carbonyl (C=O) groups is 1. The SMILES string of the molecule is Cl.O=C1N[C@@H](c2cc(Cl)ccc2Cl)C(F)(F)CO1. The highest BCUT2D eigenvalue weighted by atomic mass is 35.5. The molecule has 2 rings (SSSR count). The van der Waals surface area contributed by atoms with Crippen LogP contribution in [0.1, 0.15) is 11.6 Å². The van der Waals surface area contributed by atoms with Crippen molar-refractivity contribution in [1.29, 1.82) is 0 Å². The smallest absolute Gasteiger partial charge is 0.408 e. The predicted molar refractivity (Wildman–Crippen MR) is 65.9 cm³/mol. The number of nitrogens with one attached hydrogen (secondary N) is 1. The van der Waals surface area contributed by atoms with E-state index in [2.05, 4.69) is 4.74 Å². The van der Waals surface area contributed by atoms with Crippen molar-refractivity contribution in [1.82, 2.24) is 5.32 Å². The van der Waals surface area contributed by atoms with E-state index in [1.165, 1.54) is 18.2 Å². The molecule has 1 amide bonds. The second-order valence-corrected chi connectivity index (χ2v) is 4.42. The predicted octanol–water partition coefficient (Wildman–Crippen LogP) is 3.83. The number of ether oxygens (including phenoxy) is 1. The molecule has 1 saturated heterocycles. The summed E-state index contributed by atoms with van der Waals surface area (Å²) in [5, 5.41) is 2.41. The van der Waals surface area contributed by atoms with E-state index in [0.29, 0.717) is 0 Å². The highest BCUT2D eigenvalue weighted by Crippen LogP contribution is 2.38. The van der Waals surface area contributed by atoms with Crippen LogP contribution in [0.2, 0.25) is 10.0 Å². The Balaban J connectivity index is 0.00000162. The van der Waals surface area contributed by atoms with Gasteiger partial charge in [-0.1, -0.05) is 23.2 Å². The van der Waals surface area contributed by atoms with Crippen LogP contribution in [0.15, 0.2) is 18.2 Å². The second kappa shape index (κ2) is 5.47. The van der Waals surface area contributed by atoms with Gasteiger partial charge in [-0.3, -0.25) is 0 Å². The van der Waals surface area contributed by atoms with Crippen molar-refractivity contribution in [2.45, 2.75) is 12.0 Å². The van der Waals surface area contributed by atoms with Gasteiger partial charge < -0.3 is 10.1 Å². The lowest BCUT2D eigenvalue weighted by Crippen LogP contribution is -2.49. The number of benzene rings is 1. The molecule has 1 N–H and O–H groups in total. The van der Waals surface area contributed by atoms with Crippen molar-refractivity contribution in [3.63, 3.8) is 0 Å². The number of alkyl halides is 2. The lowest BCUT2D eigenvalue weighted by molar-refractivity contribution is -0.104. The molecular formula is C10H8Cl3F2NO2. The number of rotatable bonds is 1. The van der Waals surface area contributed by atoms with Crippen molar-refractivity contribution in [3.05, 3.63) is 33.8 Å². The summed E-state index contributed by atoms with van der Waals surface area (Å²) in [5.41, 5.74) is 0.0702. The number of alkyl carbamates (subject to hydrolysis) is 1. The Morgan fingerprint density at radius 1 is 1.39 bits per heavy atom. The summed E-state index contributed by atoms with van der Waals surface area (Å²) in [6.45, 7) is -0.980. The number of cyclic esters (lactones) is 1. The molecule has 1 aliphatic heterocycles. The second-order valence-electron chi connectivity index (χ2n) is 3.58. The zero-order chi connectivity index (χ0) is 12.6. The molecule has 8 heteroatoms. The van der Waals surface area contributed by atoms with Crippen LogP contribution >= 0.6 is 35.6 Å². The van der Waals surface area contributed by atoms with Gasteiger partial charge in [0.1, 0.15) is 6.04 Å². The van der Waals surface area contributed by atoms with Crippen LogP contribution < -0.4 is 5.32 Å². The van der Waals surface area contributed by atoms with Crippen molar-refractivity contribution in [2.75, 3.05) is 6.61 Å². The van der Waals surface area contributed by atoms with Gasteiger partial charge in [-0.25, -0.2) is 13.6 Å². The van der Waals surface area contributed by atoms with Crippen molar-refractivity contribution < 1.29 is 18.3 Å². The van der Waals surface area contributed by atoms with Gasteiger partial charge in [0.25, 0.3) is 0 Å². The van der Waals surface area contributed by atoms with Gasteiger partial charge in [-0.2, -0.15) is 0 Å². The number of carbonyl (C=O) groups excluding carboxylic acids is 1. The number of amides is 1. The Hall–Kier alpha value is -0.780. The van der Waals surface area contributed by atoms with Crippen LogP contribution in [0.3, 0.4) is 0 Å². The van der Waals surface area contributed by atoms with E-state index in [1.807, 2.05) is 5.32 Å². The van der Waals surface area contributed by atoms with Crippen LogP contribution in [-0.4, -0.2) is 18.6 Å². The minimum absolute atomic E-state index is 0. The van der Waals surface area contributed by atoms with Gasteiger partial charge in [-0.05, 0) is 18.2 Å². The summed E-state index contributed by atoms with van der Waals surface area (Å²) in [7, 11) is 0. The molecular weight excluding hydrogens is 310 g/mol. The van der Waals surface area contributed by atoms with Gasteiger partial charge in [0.15, 0.2) is 6.61 Å². The van der Waals surface area contributed by atoms with Crippen LogP contribution in [-0.2, 0) is 4.74 Å². The first-order valence-corrected chi connectivity index (χ1v) is 5.42. The highest BCUT2D eigenvalue weighted by Gasteiger charge is 2.47. The Morgan fingerprint density at radius 3 is 2.72 bits per heavy atom. The Kier molecular flexibility index (Phi) is 4.64. The summed E-state index contributed by atoms with van der Waals surface area (Å²) in [6.07, 6.45) is -0.906. The van der Waals surface area contributed by atoms with Crippen molar-refractivity contribution >= 4 is 41.7 Å². The molecule has 1 heterocycles.